The zero-order valence-electron chi connectivity index (χ0n) is 9.09. The van der Waals surface area contributed by atoms with Gasteiger partial charge in [0.05, 0.1) is 7.11 Å². The van der Waals surface area contributed by atoms with E-state index in [4.69, 9.17) is 4.74 Å². The highest BCUT2D eigenvalue weighted by Crippen LogP contribution is 2.43. The van der Waals surface area contributed by atoms with E-state index >= 15 is 0 Å². The first-order valence-electron chi connectivity index (χ1n) is 5.18. The molecule has 82 valence electrons. The molecule has 0 bridgehead atoms. The second-order valence-corrected chi connectivity index (χ2v) is 4.07. The molecule has 0 unspecified atom stereocenters. The Morgan fingerprint density at radius 2 is 2.20 bits per heavy atom. The third-order valence-electron chi connectivity index (χ3n) is 3.24. The Morgan fingerprint density at radius 1 is 1.47 bits per heavy atom. The molecule has 3 heteroatoms. The van der Waals surface area contributed by atoms with Gasteiger partial charge in [0.25, 0.3) is 0 Å². The smallest absolute Gasteiger partial charge is 0.119 e. The van der Waals surface area contributed by atoms with Crippen LogP contribution in [0, 0.1) is 0 Å². The van der Waals surface area contributed by atoms with E-state index < -0.39 is 6.17 Å². The molecule has 0 aliphatic heterocycles. The van der Waals surface area contributed by atoms with Gasteiger partial charge in [0.15, 0.2) is 0 Å². The lowest BCUT2D eigenvalue weighted by Crippen LogP contribution is -2.52. The number of hydrogen-bond acceptors (Lipinski definition) is 2. The quantitative estimate of drug-likeness (QED) is 0.824. The lowest BCUT2D eigenvalue weighted by atomic mass is 9.70. The van der Waals surface area contributed by atoms with Gasteiger partial charge < -0.3 is 10.1 Å². The molecule has 0 saturated heterocycles. The molecule has 1 N–H and O–H groups in total. The lowest BCUT2D eigenvalue weighted by Gasteiger charge is -2.44. The molecule has 2 rings (SSSR count). The molecule has 0 spiro atoms. The molecule has 0 atom stereocenters. The van der Waals surface area contributed by atoms with Crippen LogP contribution in [-0.2, 0) is 5.54 Å². The molecule has 0 amide bonds. The van der Waals surface area contributed by atoms with E-state index in [1.165, 1.54) is 0 Å². The summed E-state index contributed by atoms with van der Waals surface area (Å²) in [6.07, 6.45) is 0.427. The number of hydrogen-bond donors (Lipinski definition) is 1. The van der Waals surface area contributed by atoms with Crippen LogP contribution in [0.5, 0.6) is 5.75 Å². The Labute approximate surface area is 89.4 Å². The largest absolute Gasteiger partial charge is 0.497 e. The molecule has 1 aliphatic rings. The summed E-state index contributed by atoms with van der Waals surface area (Å²) in [6.45, 7) is 0. The molecule has 0 radical (unpaired) electrons. The highest BCUT2D eigenvalue weighted by molar-refractivity contribution is 5.35. The average molecular weight is 209 g/mol. The fourth-order valence-corrected chi connectivity index (χ4v) is 2.20. The van der Waals surface area contributed by atoms with Crippen LogP contribution in [0.4, 0.5) is 4.39 Å². The van der Waals surface area contributed by atoms with Crippen LogP contribution in [0.3, 0.4) is 0 Å². The molecular weight excluding hydrogens is 193 g/mol. The van der Waals surface area contributed by atoms with Crippen LogP contribution in [0.2, 0.25) is 0 Å². The Morgan fingerprint density at radius 3 is 2.73 bits per heavy atom. The second kappa shape index (κ2) is 3.81. The van der Waals surface area contributed by atoms with Gasteiger partial charge in [-0.3, -0.25) is 0 Å². The number of nitrogens with one attached hydrogen (secondary N) is 1. The van der Waals surface area contributed by atoms with E-state index in [2.05, 4.69) is 5.32 Å². The summed E-state index contributed by atoms with van der Waals surface area (Å²) in [5, 5.41) is 3.22. The number of rotatable bonds is 3. The van der Waals surface area contributed by atoms with Gasteiger partial charge in [-0.05, 0) is 24.7 Å². The summed E-state index contributed by atoms with van der Waals surface area (Å²) in [6, 6.07) is 7.84. The van der Waals surface area contributed by atoms with Crippen LogP contribution in [0.1, 0.15) is 18.4 Å². The van der Waals surface area contributed by atoms with Crippen LogP contribution in [0.15, 0.2) is 24.3 Å². The van der Waals surface area contributed by atoms with Gasteiger partial charge in [-0.25, -0.2) is 4.39 Å². The van der Waals surface area contributed by atoms with Gasteiger partial charge in [-0.2, -0.15) is 0 Å². The van der Waals surface area contributed by atoms with E-state index in [0.29, 0.717) is 12.8 Å². The van der Waals surface area contributed by atoms with Crippen molar-refractivity contribution < 1.29 is 9.13 Å². The van der Waals surface area contributed by atoms with Crippen LogP contribution in [-0.4, -0.2) is 20.3 Å². The number of benzene rings is 1. The summed E-state index contributed by atoms with van der Waals surface area (Å²) < 4.78 is 18.2. The molecule has 1 fully saturated rings. The van der Waals surface area contributed by atoms with Gasteiger partial charge in [-0.15, -0.1) is 0 Å². The molecule has 0 aromatic heterocycles. The summed E-state index contributed by atoms with van der Waals surface area (Å²) >= 11 is 0. The first-order chi connectivity index (χ1) is 7.20. The van der Waals surface area contributed by atoms with Crippen molar-refractivity contribution in [2.45, 2.75) is 24.6 Å². The molecule has 1 saturated carbocycles. The maximum absolute atomic E-state index is 13.0. The van der Waals surface area contributed by atoms with Crippen molar-refractivity contribution in [3.05, 3.63) is 29.8 Å². The average Bonchev–Trinajstić information content (AvgIpc) is 2.24. The third-order valence-corrected chi connectivity index (χ3v) is 3.24. The second-order valence-electron chi connectivity index (χ2n) is 4.07. The Balaban J connectivity index is 2.27. The Bertz CT molecular complexity index is 347. The minimum atomic E-state index is -0.677. The third kappa shape index (κ3) is 1.72. The van der Waals surface area contributed by atoms with Crippen molar-refractivity contribution in [3.8, 4) is 5.75 Å². The highest BCUT2D eigenvalue weighted by Gasteiger charge is 2.44. The van der Waals surface area contributed by atoms with E-state index in [1.54, 1.807) is 7.11 Å². The highest BCUT2D eigenvalue weighted by atomic mass is 19.1. The van der Waals surface area contributed by atoms with Gasteiger partial charge in [0.2, 0.25) is 0 Å². The maximum Gasteiger partial charge on any atom is 0.119 e. The number of alkyl halides is 1. The van der Waals surface area contributed by atoms with Crippen molar-refractivity contribution in [1.82, 2.24) is 5.32 Å². The molecule has 0 heterocycles. The van der Waals surface area contributed by atoms with Gasteiger partial charge in [0, 0.05) is 18.4 Å². The number of methoxy groups -OCH3 is 1. The van der Waals surface area contributed by atoms with Crippen molar-refractivity contribution in [1.29, 1.82) is 0 Å². The minimum absolute atomic E-state index is 0.187. The number of ether oxygens (including phenoxy) is 1. The first-order valence-corrected chi connectivity index (χ1v) is 5.18. The fourth-order valence-electron chi connectivity index (χ4n) is 2.20. The normalized spacial score (nSPS) is 29.7. The molecule has 1 aliphatic carbocycles. The van der Waals surface area contributed by atoms with Crippen molar-refractivity contribution in [2.24, 2.45) is 0 Å². The fraction of sp³-hybridized carbons (Fsp3) is 0.500. The first kappa shape index (κ1) is 10.4. The predicted molar refractivity (Wildman–Crippen MR) is 57.9 cm³/mol. The standard InChI is InChI=1S/C12H16FNO/c1-14-12(7-10(13)8-12)9-4-3-5-11(6-9)15-2/h3-6,10,14H,7-8H2,1-2H3. The summed E-state index contributed by atoms with van der Waals surface area (Å²) in [7, 11) is 3.52. The Kier molecular flexibility index (Phi) is 2.65. The monoisotopic (exact) mass is 209 g/mol. The van der Waals surface area contributed by atoms with Gasteiger partial charge >= 0.3 is 0 Å². The molecule has 2 nitrogen and oxygen atoms in total. The summed E-state index contributed by atoms with van der Waals surface area (Å²) in [4.78, 5) is 0. The zero-order valence-corrected chi connectivity index (χ0v) is 9.09. The maximum atomic E-state index is 13.0. The van der Waals surface area contributed by atoms with E-state index in [0.717, 1.165) is 11.3 Å². The Hall–Kier alpha value is -1.09. The van der Waals surface area contributed by atoms with Gasteiger partial charge in [0.1, 0.15) is 11.9 Å². The van der Waals surface area contributed by atoms with E-state index in [-0.39, 0.29) is 5.54 Å². The minimum Gasteiger partial charge on any atom is -0.497 e. The van der Waals surface area contributed by atoms with Crippen LogP contribution >= 0.6 is 0 Å². The van der Waals surface area contributed by atoms with Crippen molar-refractivity contribution in [2.75, 3.05) is 14.2 Å². The SMILES string of the molecule is CNC1(c2cccc(OC)c2)CC(F)C1. The topological polar surface area (TPSA) is 21.3 Å². The van der Waals surface area contributed by atoms with Crippen LogP contribution in [0.25, 0.3) is 0 Å². The lowest BCUT2D eigenvalue weighted by molar-refractivity contribution is 0.0716. The summed E-state index contributed by atoms with van der Waals surface area (Å²) in [5.41, 5.74) is 0.923. The number of halogens is 1. The molecular formula is C12H16FNO. The van der Waals surface area contributed by atoms with E-state index in [9.17, 15) is 4.39 Å². The predicted octanol–water partition coefficient (Wildman–Crippen LogP) is 2.24. The molecule has 1 aromatic rings. The zero-order chi connectivity index (χ0) is 10.9. The van der Waals surface area contributed by atoms with Crippen LogP contribution < -0.4 is 10.1 Å². The van der Waals surface area contributed by atoms with Gasteiger partial charge in [-0.1, -0.05) is 12.1 Å². The van der Waals surface area contributed by atoms with Crippen molar-refractivity contribution >= 4 is 0 Å². The molecule has 1 aromatic carbocycles. The van der Waals surface area contributed by atoms with E-state index in [1.807, 2.05) is 31.3 Å². The summed E-state index contributed by atoms with van der Waals surface area (Å²) in [5.74, 6) is 0.824. The van der Waals surface area contributed by atoms with Crippen molar-refractivity contribution in [3.63, 3.8) is 0 Å². The molecule has 15 heavy (non-hydrogen) atoms.